The van der Waals surface area contributed by atoms with Gasteiger partial charge in [0.15, 0.2) is 0 Å². The van der Waals surface area contributed by atoms with Crippen LogP contribution in [0, 0.1) is 0 Å². The highest BCUT2D eigenvalue weighted by Crippen LogP contribution is 2.26. The Morgan fingerprint density at radius 2 is 2.04 bits per heavy atom. The summed E-state index contributed by atoms with van der Waals surface area (Å²) >= 11 is 1.03. The summed E-state index contributed by atoms with van der Waals surface area (Å²) in [7, 11) is 0. The van der Waals surface area contributed by atoms with Crippen molar-refractivity contribution in [1.29, 1.82) is 0 Å². The van der Waals surface area contributed by atoms with Gasteiger partial charge in [-0.1, -0.05) is 26.0 Å². The van der Waals surface area contributed by atoms with Crippen LogP contribution in [0.4, 0.5) is 0 Å². The van der Waals surface area contributed by atoms with E-state index in [2.05, 4.69) is 15.2 Å². The van der Waals surface area contributed by atoms with Gasteiger partial charge < -0.3 is 9.84 Å². The summed E-state index contributed by atoms with van der Waals surface area (Å²) in [5.41, 5.74) is 0.785. The number of nitrogens with one attached hydrogen (secondary N) is 1. The molecule has 2 N–H and O–H groups in total. The molecular weight excluding hydrogens is 326 g/mol. The van der Waals surface area contributed by atoms with Crippen molar-refractivity contribution in [1.82, 2.24) is 15.2 Å². The average Bonchev–Trinajstić information content (AvgIpc) is 3.01. The number of benzene rings is 1. The number of nitrogens with zero attached hydrogens (tertiary/aromatic N) is 2. The van der Waals surface area contributed by atoms with Crippen molar-refractivity contribution in [3.8, 4) is 5.75 Å². The van der Waals surface area contributed by atoms with E-state index in [1.54, 1.807) is 6.08 Å². The zero-order valence-corrected chi connectivity index (χ0v) is 14.6. The fourth-order valence-electron chi connectivity index (χ4n) is 1.94. The molecule has 0 aliphatic rings. The number of carboxylic acid groups (broad SMARTS) is 1. The van der Waals surface area contributed by atoms with Gasteiger partial charge in [-0.2, -0.15) is 0 Å². The topological polar surface area (TPSA) is 88.1 Å². The Morgan fingerprint density at radius 1 is 1.29 bits per heavy atom. The molecule has 6 nitrogen and oxygen atoms in total. The highest BCUT2D eigenvalue weighted by atomic mass is 32.2. The number of carbonyl (C=O) groups is 1. The van der Waals surface area contributed by atoms with Crippen LogP contribution in [-0.4, -0.2) is 32.9 Å². The normalized spacial score (nSPS) is 11.5. The second-order valence-electron chi connectivity index (χ2n) is 5.15. The molecule has 0 aliphatic heterocycles. The second kappa shape index (κ2) is 9.12. The highest BCUT2D eigenvalue weighted by molar-refractivity contribution is 8.04. The van der Waals surface area contributed by atoms with Crippen molar-refractivity contribution in [2.45, 2.75) is 38.3 Å². The second-order valence-corrected chi connectivity index (χ2v) is 6.16. The number of aryl methyl sites for hydroxylation is 1. The number of aliphatic carboxylic acids is 1. The molecule has 1 aromatic heterocycles. The number of hydrogen-bond donors (Lipinski definition) is 2. The third-order valence-electron chi connectivity index (χ3n) is 3.06. The quantitative estimate of drug-likeness (QED) is 0.530. The minimum absolute atomic E-state index is 0.166. The molecule has 0 fully saturated rings. The molecule has 0 bridgehead atoms. The molecule has 7 heteroatoms. The molecule has 0 spiro atoms. The van der Waals surface area contributed by atoms with E-state index < -0.39 is 5.97 Å². The molecular formula is C17H21N3O3S. The van der Waals surface area contributed by atoms with Crippen LogP contribution in [0.3, 0.4) is 0 Å². The van der Waals surface area contributed by atoms with E-state index in [1.807, 2.05) is 38.1 Å². The van der Waals surface area contributed by atoms with Gasteiger partial charge in [0.05, 0.1) is 6.61 Å². The van der Waals surface area contributed by atoms with Gasteiger partial charge in [-0.15, -0.1) is 5.10 Å². The van der Waals surface area contributed by atoms with E-state index in [0.717, 1.165) is 48.2 Å². The molecule has 1 heterocycles. The molecule has 0 amide bonds. The minimum Gasteiger partial charge on any atom is -0.494 e. The fourth-order valence-corrected chi connectivity index (χ4v) is 2.66. The van der Waals surface area contributed by atoms with Crippen LogP contribution in [0.25, 0.3) is 6.08 Å². The number of rotatable bonds is 9. The molecule has 0 atom stereocenters. The van der Waals surface area contributed by atoms with Gasteiger partial charge in [0.2, 0.25) is 5.16 Å². The molecule has 128 valence electrons. The van der Waals surface area contributed by atoms with E-state index in [0.29, 0.717) is 11.8 Å². The summed E-state index contributed by atoms with van der Waals surface area (Å²) in [6, 6.07) is 7.32. The standard InChI is InChI=1S/C17H21N3O3S/c1-3-5-15-18-17(20-19-15)24-14(16(21)22)11-12-6-8-13(9-7-12)23-10-4-2/h6-9,11H,3-5,10H2,1-2H3,(H,21,22)(H,18,19,20)/b14-11+. The van der Waals surface area contributed by atoms with E-state index in [9.17, 15) is 9.90 Å². The van der Waals surface area contributed by atoms with Crippen molar-refractivity contribution < 1.29 is 14.6 Å². The summed E-state index contributed by atoms with van der Waals surface area (Å²) < 4.78 is 5.52. The Balaban J connectivity index is 2.10. The lowest BCUT2D eigenvalue weighted by Gasteiger charge is -2.04. The molecule has 24 heavy (non-hydrogen) atoms. The van der Waals surface area contributed by atoms with Crippen LogP contribution in [0.15, 0.2) is 34.3 Å². The first kappa shape index (κ1) is 18.1. The maximum Gasteiger partial charge on any atom is 0.342 e. The van der Waals surface area contributed by atoms with Crippen LogP contribution >= 0.6 is 11.8 Å². The molecule has 0 radical (unpaired) electrons. The Morgan fingerprint density at radius 3 is 2.67 bits per heavy atom. The van der Waals surface area contributed by atoms with Gasteiger partial charge in [-0.05, 0) is 48.4 Å². The van der Waals surface area contributed by atoms with E-state index in [-0.39, 0.29) is 4.91 Å². The SMILES string of the molecule is CCCOc1ccc(/C=C(/Sc2n[nH]c(CCC)n2)C(=O)O)cc1. The first-order valence-corrected chi connectivity index (χ1v) is 8.71. The van der Waals surface area contributed by atoms with Gasteiger partial charge in [0.1, 0.15) is 16.5 Å². The molecule has 2 aromatic rings. The van der Waals surface area contributed by atoms with Gasteiger partial charge in [-0.3, -0.25) is 5.10 Å². The van der Waals surface area contributed by atoms with Crippen LogP contribution in [0.5, 0.6) is 5.75 Å². The van der Waals surface area contributed by atoms with Gasteiger partial charge >= 0.3 is 5.97 Å². The number of ether oxygens (including phenoxy) is 1. The fraction of sp³-hybridized carbons (Fsp3) is 0.353. The third kappa shape index (κ3) is 5.42. The van der Waals surface area contributed by atoms with Crippen LogP contribution in [0.1, 0.15) is 38.1 Å². The van der Waals surface area contributed by atoms with Crippen molar-refractivity contribution in [3.63, 3.8) is 0 Å². The van der Waals surface area contributed by atoms with Crippen molar-refractivity contribution in [2.24, 2.45) is 0 Å². The maximum absolute atomic E-state index is 11.5. The zero-order chi connectivity index (χ0) is 17.4. The van der Waals surface area contributed by atoms with E-state index in [4.69, 9.17) is 4.74 Å². The first-order chi connectivity index (χ1) is 11.6. The molecule has 0 unspecified atom stereocenters. The van der Waals surface area contributed by atoms with Crippen molar-refractivity contribution in [3.05, 3.63) is 40.6 Å². The molecule has 0 saturated carbocycles. The van der Waals surface area contributed by atoms with Crippen molar-refractivity contribution >= 4 is 23.8 Å². The lowest BCUT2D eigenvalue weighted by atomic mass is 10.2. The number of aromatic nitrogens is 3. The average molecular weight is 347 g/mol. The Kier molecular flexibility index (Phi) is 6.87. The number of thioether (sulfide) groups is 1. The predicted octanol–water partition coefficient (Wildman–Crippen LogP) is 3.76. The first-order valence-electron chi connectivity index (χ1n) is 7.89. The molecule has 2 rings (SSSR count). The Labute approximate surface area is 145 Å². The zero-order valence-electron chi connectivity index (χ0n) is 13.8. The summed E-state index contributed by atoms with van der Waals surface area (Å²) in [5.74, 6) is 0.534. The highest BCUT2D eigenvalue weighted by Gasteiger charge is 2.13. The van der Waals surface area contributed by atoms with E-state index >= 15 is 0 Å². The number of aromatic amines is 1. The largest absolute Gasteiger partial charge is 0.494 e. The molecule has 1 aromatic carbocycles. The van der Waals surface area contributed by atoms with Gasteiger partial charge in [0.25, 0.3) is 0 Å². The number of carboxylic acids is 1. The maximum atomic E-state index is 11.5. The molecule has 0 saturated heterocycles. The van der Waals surface area contributed by atoms with Gasteiger partial charge in [0, 0.05) is 6.42 Å². The third-order valence-corrected chi connectivity index (χ3v) is 3.94. The van der Waals surface area contributed by atoms with Gasteiger partial charge in [-0.25, -0.2) is 9.78 Å². The van der Waals surface area contributed by atoms with Crippen molar-refractivity contribution in [2.75, 3.05) is 6.61 Å². The Hall–Kier alpha value is -2.28. The van der Waals surface area contributed by atoms with Crippen LogP contribution in [-0.2, 0) is 11.2 Å². The monoisotopic (exact) mass is 347 g/mol. The predicted molar refractivity (Wildman–Crippen MR) is 94.1 cm³/mol. The summed E-state index contributed by atoms with van der Waals surface area (Å²) in [5, 5.41) is 16.7. The Bertz CT molecular complexity index is 695. The molecule has 0 aliphatic carbocycles. The summed E-state index contributed by atoms with van der Waals surface area (Å²) in [6.07, 6.45) is 4.29. The lowest BCUT2D eigenvalue weighted by molar-refractivity contribution is -0.131. The van der Waals surface area contributed by atoms with Crippen LogP contribution in [0.2, 0.25) is 0 Å². The smallest absolute Gasteiger partial charge is 0.342 e. The van der Waals surface area contributed by atoms with E-state index in [1.165, 1.54) is 0 Å². The summed E-state index contributed by atoms with van der Waals surface area (Å²) in [4.78, 5) is 15.9. The number of hydrogen-bond acceptors (Lipinski definition) is 5. The lowest BCUT2D eigenvalue weighted by Crippen LogP contribution is -1.97. The summed E-state index contributed by atoms with van der Waals surface area (Å²) in [6.45, 7) is 4.75. The number of H-pyrrole nitrogens is 1. The van der Waals surface area contributed by atoms with Crippen LogP contribution < -0.4 is 4.74 Å². The minimum atomic E-state index is -1.01.